The number of nitrogens with one attached hydrogen (secondary N) is 1. The average molecular weight is 647 g/mol. The zero-order valence-corrected chi connectivity index (χ0v) is 30.4. The van der Waals surface area contributed by atoms with E-state index in [4.69, 9.17) is 16.4 Å². The summed E-state index contributed by atoms with van der Waals surface area (Å²) in [4.78, 5) is 14.5. The van der Waals surface area contributed by atoms with Crippen LogP contribution in [0.2, 0.25) is 0 Å². The minimum absolute atomic E-state index is 0.321. The smallest absolute Gasteiger partial charge is 0.133 e. The lowest BCUT2D eigenvalue weighted by molar-refractivity contribution is 1.03. The minimum atomic E-state index is -0.321. The Bertz CT molecular complexity index is 1900. The Hall–Kier alpha value is -5.53. The van der Waals surface area contributed by atoms with Gasteiger partial charge in [0.05, 0.1) is 23.9 Å². The average Bonchev–Trinajstić information content (AvgIpc) is 3.10. The van der Waals surface area contributed by atoms with Crippen molar-refractivity contribution in [3.8, 4) is 12.3 Å². The Kier molecular flexibility index (Phi) is 15.0. The monoisotopic (exact) mass is 646 g/mol. The van der Waals surface area contributed by atoms with Crippen LogP contribution in [0, 0.1) is 32.1 Å². The van der Waals surface area contributed by atoms with Crippen LogP contribution in [0.5, 0.6) is 0 Å². The van der Waals surface area contributed by atoms with Crippen molar-refractivity contribution >= 4 is 17.4 Å². The molecule has 0 radical (unpaired) electrons. The lowest BCUT2D eigenvalue weighted by Gasteiger charge is -2.16. The van der Waals surface area contributed by atoms with Crippen molar-refractivity contribution in [3.05, 3.63) is 178 Å². The Labute approximate surface area is 295 Å². The molecule has 2 aromatic rings. The first-order valence-electron chi connectivity index (χ1n) is 16.7. The van der Waals surface area contributed by atoms with E-state index in [1.54, 1.807) is 7.05 Å². The fraction of sp³-hybridized carbons (Fsp3) is 0.222. The van der Waals surface area contributed by atoms with E-state index in [-0.39, 0.29) is 5.92 Å². The Balaban J connectivity index is 2.04. The number of aliphatic imine (C=N–C) groups is 3. The summed E-state index contributed by atoms with van der Waals surface area (Å²) in [5.74, 6) is 4.15. The van der Waals surface area contributed by atoms with Crippen LogP contribution < -0.4 is 5.32 Å². The number of benzene rings is 2. The van der Waals surface area contributed by atoms with E-state index in [2.05, 4.69) is 111 Å². The largest absolute Gasteiger partial charge is 0.325 e. The quantitative estimate of drug-likeness (QED) is 0.112. The number of terminal acetylenes is 1. The third kappa shape index (κ3) is 11.6. The van der Waals surface area contributed by atoms with Crippen molar-refractivity contribution in [1.82, 2.24) is 5.32 Å². The number of nitrogens with zero attached hydrogens (tertiary/aromatic N) is 3. The van der Waals surface area contributed by atoms with Gasteiger partial charge in [-0.1, -0.05) is 132 Å². The molecule has 0 heterocycles. The molecule has 0 saturated heterocycles. The predicted molar refractivity (Wildman–Crippen MR) is 214 cm³/mol. The molecule has 250 valence electrons. The standard InChI is InChI=1S/C45H50N4/c1-11-32(5)28-42(39(13-3)26-25-38(12-2)36(9)48-43-24-16-15-22-40(43)14-4)30-35(8)44(47-31-37-21-17-19-33(6)27-37)49-45(46-10)41-23-18-20-34(7)29-41/h3,11-12,14-30,39H,9,31H2,1-2,4-8,10H3,(H,46,47,49)/b26-25-,32-11-,35-30+,38-12+,40-14-,42-28+,48-43?. The van der Waals surface area contributed by atoms with Gasteiger partial charge in [-0.3, -0.25) is 9.98 Å². The number of aryl methyl sites for hydroxylation is 2. The van der Waals surface area contributed by atoms with Crippen LogP contribution in [0.25, 0.3) is 0 Å². The second-order valence-corrected chi connectivity index (χ2v) is 11.9. The maximum absolute atomic E-state index is 6.22. The lowest BCUT2D eigenvalue weighted by atomic mass is 9.94. The highest BCUT2D eigenvalue weighted by Gasteiger charge is 2.13. The summed E-state index contributed by atoms with van der Waals surface area (Å²) in [5, 5.41) is 3.55. The maximum Gasteiger partial charge on any atom is 0.133 e. The molecule has 4 heteroatoms. The molecule has 2 aromatic carbocycles. The fourth-order valence-electron chi connectivity index (χ4n) is 5.16. The highest BCUT2D eigenvalue weighted by molar-refractivity contribution is 6.14. The molecule has 3 rings (SSSR count). The first kappa shape index (κ1) is 37.9. The van der Waals surface area contributed by atoms with Crippen LogP contribution in [0.3, 0.4) is 0 Å². The summed E-state index contributed by atoms with van der Waals surface area (Å²) in [6, 6.07) is 16.7. The number of amidine groups is 2. The molecule has 1 N–H and O–H groups in total. The van der Waals surface area contributed by atoms with E-state index in [0.717, 1.165) is 61.9 Å². The third-order valence-electron chi connectivity index (χ3n) is 8.01. The fourth-order valence-corrected chi connectivity index (χ4v) is 5.16. The molecule has 1 atom stereocenters. The summed E-state index contributed by atoms with van der Waals surface area (Å²) < 4.78 is 0. The van der Waals surface area contributed by atoms with E-state index < -0.39 is 0 Å². The van der Waals surface area contributed by atoms with Crippen molar-refractivity contribution in [2.24, 2.45) is 20.9 Å². The van der Waals surface area contributed by atoms with Crippen molar-refractivity contribution in [2.45, 2.75) is 55.0 Å². The predicted octanol–water partition coefficient (Wildman–Crippen LogP) is 10.5. The van der Waals surface area contributed by atoms with Crippen LogP contribution in [0.4, 0.5) is 0 Å². The molecule has 0 aromatic heterocycles. The molecule has 0 bridgehead atoms. The second-order valence-electron chi connectivity index (χ2n) is 11.9. The molecule has 0 spiro atoms. The molecule has 1 unspecified atom stereocenters. The van der Waals surface area contributed by atoms with Crippen molar-refractivity contribution < 1.29 is 0 Å². The number of rotatable bonds is 11. The van der Waals surface area contributed by atoms with Crippen molar-refractivity contribution in [2.75, 3.05) is 7.05 Å². The van der Waals surface area contributed by atoms with Crippen LogP contribution in [0.1, 0.15) is 56.9 Å². The van der Waals surface area contributed by atoms with Crippen LogP contribution >= 0.6 is 0 Å². The number of hydrogen-bond donors (Lipinski definition) is 1. The van der Waals surface area contributed by atoms with Gasteiger partial charge in [0.1, 0.15) is 11.7 Å². The van der Waals surface area contributed by atoms with Gasteiger partial charge in [-0.05, 0) is 88.5 Å². The van der Waals surface area contributed by atoms with Gasteiger partial charge in [-0.25, -0.2) is 4.99 Å². The van der Waals surface area contributed by atoms with E-state index in [9.17, 15) is 0 Å². The molecule has 0 amide bonds. The topological polar surface area (TPSA) is 49.1 Å². The number of hydrogen-bond acceptors (Lipinski definition) is 3. The zero-order chi connectivity index (χ0) is 35.8. The zero-order valence-electron chi connectivity index (χ0n) is 30.4. The molecule has 0 saturated carbocycles. The van der Waals surface area contributed by atoms with Gasteiger partial charge in [0.15, 0.2) is 0 Å². The SMILES string of the molecule is C#CC(/C=C\C(=C/C)C(=C)N=C1C=CC=C/C1=C/C)C(=C/C(C)=C\C)/C=C(\C)C(=NCc1cccc(C)c1)NC(=NC)c1cccc(C)c1. The minimum Gasteiger partial charge on any atom is -0.325 e. The van der Waals surface area contributed by atoms with E-state index in [1.165, 1.54) is 5.56 Å². The highest BCUT2D eigenvalue weighted by atomic mass is 15.1. The van der Waals surface area contributed by atoms with Gasteiger partial charge < -0.3 is 5.32 Å². The van der Waals surface area contributed by atoms with Gasteiger partial charge in [0.25, 0.3) is 0 Å². The Morgan fingerprint density at radius 3 is 2.31 bits per heavy atom. The first-order valence-corrected chi connectivity index (χ1v) is 16.7. The van der Waals surface area contributed by atoms with Crippen molar-refractivity contribution in [3.63, 3.8) is 0 Å². The van der Waals surface area contributed by atoms with E-state index in [0.29, 0.717) is 12.2 Å². The molecule has 1 aliphatic rings. The first-order chi connectivity index (χ1) is 23.6. The normalized spacial score (nSPS) is 17.2. The maximum atomic E-state index is 6.22. The Morgan fingerprint density at radius 2 is 1.67 bits per heavy atom. The molecule has 0 aliphatic heterocycles. The van der Waals surface area contributed by atoms with Gasteiger partial charge in [0, 0.05) is 12.6 Å². The van der Waals surface area contributed by atoms with E-state index in [1.807, 2.05) is 75.4 Å². The lowest BCUT2D eigenvalue weighted by Crippen LogP contribution is -2.32. The van der Waals surface area contributed by atoms with Crippen LogP contribution in [-0.2, 0) is 6.54 Å². The molecular weight excluding hydrogens is 597 g/mol. The van der Waals surface area contributed by atoms with Gasteiger partial charge in [0.2, 0.25) is 0 Å². The molecule has 4 nitrogen and oxygen atoms in total. The summed E-state index contributed by atoms with van der Waals surface area (Å²) in [7, 11) is 1.79. The molecule has 49 heavy (non-hydrogen) atoms. The van der Waals surface area contributed by atoms with Crippen molar-refractivity contribution in [1.29, 1.82) is 0 Å². The van der Waals surface area contributed by atoms with E-state index >= 15 is 0 Å². The van der Waals surface area contributed by atoms with Crippen LogP contribution in [-0.4, -0.2) is 24.4 Å². The second kappa shape index (κ2) is 19.3. The summed E-state index contributed by atoms with van der Waals surface area (Å²) >= 11 is 0. The third-order valence-corrected chi connectivity index (χ3v) is 8.01. The van der Waals surface area contributed by atoms with Gasteiger partial charge >= 0.3 is 0 Å². The Morgan fingerprint density at radius 1 is 0.959 bits per heavy atom. The summed E-state index contributed by atoms with van der Waals surface area (Å²) in [5.41, 5.74) is 11.0. The molecule has 1 aliphatic carbocycles. The highest BCUT2D eigenvalue weighted by Crippen LogP contribution is 2.22. The summed E-state index contributed by atoms with van der Waals surface area (Å²) in [6.45, 7) is 19.1. The van der Waals surface area contributed by atoms with Gasteiger partial charge in [-0.15, -0.1) is 6.42 Å². The number of allylic oxidation sites excluding steroid dienone is 14. The summed E-state index contributed by atoms with van der Waals surface area (Å²) in [6.07, 6.45) is 28.7. The van der Waals surface area contributed by atoms with Crippen LogP contribution in [0.15, 0.2) is 170 Å². The van der Waals surface area contributed by atoms with Gasteiger partial charge in [-0.2, -0.15) is 0 Å². The molecular formula is C45H50N4. The molecule has 0 fully saturated rings.